The second-order valence-electron chi connectivity index (χ2n) is 3.53. The van der Waals surface area contributed by atoms with E-state index in [2.05, 4.69) is 0 Å². The number of carbonyl (C=O) groups excluding carboxylic acids is 1. The molecule has 0 radical (unpaired) electrons. The average molecular weight is 186 g/mol. The minimum atomic E-state index is -0.783. The number of carbonyl (C=O) groups is 2. The van der Waals surface area contributed by atoms with E-state index in [4.69, 9.17) is 5.11 Å². The average Bonchev–Trinajstić information content (AvgIpc) is 2.01. The van der Waals surface area contributed by atoms with Crippen LogP contribution >= 0.6 is 0 Å². The van der Waals surface area contributed by atoms with Gasteiger partial charge in [0.25, 0.3) is 0 Å². The maximum atomic E-state index is 11.2. The lowest BCUT2D eigenvalue weighted by Crippen LogP contribution is -2.07. The number of carboxylic acid groups (broad SMARTS) is 1. The Hall–Kier alpha value is -0.860. The highest BCUT2D eigenvalue weighted by atomic mass is 16.4. The Balaban J connectivity index is 3.55. The molecule has 0 aromatic rings. The summed E-state index contributed by atoms with van der Waals surface area (Å²) < 4.78 is 0. The first-order chi connectivity index (χ1) is 6.06. The molecule has 0 aromatic heterocycles. The van der Waals surface area contributed by atoms with Gasteiger partial charge in [0, 0.05) is 19.3 Å². The fourth-order valence-corrected chi connectivity index (χ4v) is 1.24. The Morgan fingerprint density at radius 3 is 2.38 bits per heavy atom. The van der Waals surface area contributed by atoms with Crippen molar-refractivity contribution in [2.75, 3.05) is 0 Å². The fourth-order valence-electron chi connectivity index (χ4n) is 1.24. The molecule has 0 aliphatic heterocycles. The molecule has 76 valence electrons. The van der Waals surface area contributed by atoms with Gasteiger partial charge in [-0.25, -0.2) is 0 Å². The standard InChI is InChI=1S/C10H18O3/c1-3-4-9(11)7-8(2)5-6-10(12)13/h8H,3-7H2,1-2H3,(H,12,13). The molecule has 0 heterocycles. The topological polar surface area (TPSA) is 54.4 Å². The monoisotopic (exact) mass is 186 g/mol. The van der Waals surface area contributed by atoms with E-state index < -0.39 is 5.97 Å². The molecule has 3 heteroatoms. The van der Waals surface area contributed by atoms with Gasteiger partial charge in [-0.3, -0.25) is 9.59 Å². The molecule has 0 fully saturated rings. The van der Waals surface area contributed by atoms with Crippen LogP contribution in [0.4, 0.5) is 0 Å². The Kier molecular flexibility index (Phi) is 6.20. The summed E-state index contributed by atoms with van der Waals surface area (Å²) in [5.41, 5.74) is 0. The van der Waals surface area contributed by atoms with Gasteiger partial charge in [-0.15, -0.1) is 0 Å². The van der Waals surface area contributed by atoms with E-state index in [1.807, 2.05) is 13.8 Å². The van der Waals surface area contributed by atoms with Gasteiger partial charge in [-0.05, 0) is 18.8 Å². The van der Waals surface area contributed by atoms with E-state index in [-0.39, 0.29) is 18.1 Å². The van der Waals surface area contributed by atoms with E-state index in [1.165, 1.54) is 0 Å². The summed E-state index contributed by atoms with van der Waals surface area (Å²) in [5.74, 6) is -0.328. The van der Waals surface area contributed by atoms with E-state index in [9.17, 15) is 9.59 Å². The SMILES string of the molecule is CCCC(=O)CC(C)CCC(=O)O. The summed E-state index contributed by atoms with van der Waals surface area (Å²) in [4.78, 5) is 21.4. The van der Waals surface area contributed by atoms with Crippen LogP contribution in [0, 0.1) is 5.92 Å². The van der Waals surface area contributed by atoms with Crippen LogP contribution in [0.2, 0.25) is 0 Å². The van der Waals surface area contributed by atoms with Crippen LogP contribution in [0.25, 0.3) is 0 Å². The van der Waals surface area contributed by atoms with Gasteiger partial charge in [0.15, 0.2) is 0 Å². The van der Waals surface area contributed by atoms with Crippen molar-refractivity contribution in [3.8, 4) is 0 Å². The highest BCUT2D eigenvalue weighted by Crippen LogP contribution is 2.12. The van der Waals surface area contributed by atoms with Gasteiger partial charge in [-0.1, -0.05) is 13.8 Å². The maximum absolute atomic E-state index is 11.2. The van der Waals surface area contributed by atoms with Crippen LogP contribution in [0.3, 0.4) is 0 Å². The number of hydrogen-bond acceptors (Lipinski definition) is 2. The normalized spacial score (nSPS) is 12.5. The zero-order chi connectivity index (χ0) is 10.3. The van der Waals surface area contributed by atoms with Crippen LogP contribution in [0.5, 0.6) is 0 Å². The molecule has 0 spiro atoms. The van der Waals surface area contributed by atoms with Crippen LogP contribution in [0.15, 0.2) is 0 Å². The number of ketones is 1. The summed E-state index contributed by atoms with van der Waals surface area (Å²) in [6.45, 7) is 3.90. The first-order valence-electron chi connectivity index (χ1n) is 4.79. The summed E-state index contributed by atoms with van der Waals surface area (Å²) >= 11 is 0. The molecule has 1 atom stereocenters. The number of carboxylic acids is 1. The fraction of sp³-hybridized carbons (Fsp3) is 0.800. The Bertz CT molecular complexity index is 175. The molecule has 1 N–H and O–H groups in total. The summed E-state index contributed by atoms with van der Waals surface area (Å²) in [6, 6.07) is 0. The zero-order valence-corrected chi connectivity index (χ0v) is 8.38. The molecule has 0 saturated heterocycles. The van der Waals surface area contributed by atoms with Crippen molar-refractivity contribution in [2.45, 2.75) is 46.0 Å². The van der Waals surface area contributed by atoms with Gasteiger partial charge in [0.05, 0.1) is 0 Å². The zero-order valence-electron chi connectivity index (χ0n) is 8.38. The van der Waals surface area contributed by atoms with Crippen molar-refractivity contribution >= 4 is 11.8 Å². The van der Waals surface area contributed by atoms with Crippen LogP contribution in [0.1, 0.15) is 46.0 Å². The number of rotatable bonds is 7. The molecule has 0 aliphatic carbocycles. The Labute approximate surface area is 79.1 Å². The summed E-state index contributed by atoms with van der Waals surface area (Å²) in [5, 5.41) is 8.41. The minimum absolute atomic E-state index is 0.167. The molecular formula is C10H18O3. The summed E-state index contributed by atoms with van der Waals surface area (Å²) in [6.07, 6.45) is 2.80. The highest BCUT2D eigenvalue weighted by molar-refractivity contribution is 5.78. The van der Waals surface area contributed by atoms with E-state index in [1.54, 1.807) is 0 Å². The van der Waals surface area contributed by atoms with Gasteiger partial charge < -0.3 is 5.11 Å². The second kappa shape index (κ2) is 6.63. The molecular weight excluding hydrogens is 168 g/mol. The van der Waals surface area contributed by atoms with Crippen molar-refractivity contribution in [1.82, 2.24) is 0 Å². The highest BCUT2D eigenvalue weighted by Gasteiger charge is 2.09. The maximum Gasteiger partial charge on any atom is 0.303 e. The predicted molar refractivity (Wildman–Crippen MR) is 50.6 cm³/mol. The molecule has 0 amide bonds. The molecule has 1 unspecified atom stereocenters. The van der Waals surface area contributed by atoms with Crippen molar-refractivity contribution < 1.29 is 14.7 Å². The first-order valence-corrected chi connectivity index (χ1v) is 4.79. The second-order valence-corrected chi connectivity index (χ2v) is 3.53. The van der Waals surface area contributed by atoms with Crippen LogP contribution < -0.4 is 0 Å². The largest absolute Gasteiger partial charge is 0.481 e. The van der Waals surface area contributed by atoms with Crippen LogP contribution in [-0.4, -0.2) is 16.9 Å². The molecule has 13 heavy (non-hydrogen) atoms. The molecule has 0 saturated carbocycles. The third-order valence-corrected chi connectivity index (χ3v) is 1.96. The molecule has 0 rings (SSSR count). The predicted octanol–water partition coefficient (Wildman–Crippen LogP) is 2.25. The number of aliphatic carboxylic acids is 1. The van der Waals surface area contributed by atoms with E-state index in [0.717, 1.165) is 6.42 Å². The Morgan fingerprint density at radius 2 is 1.92 bits per heavy atom. The van der Waals surface area contributed by atoms with Crippen molar-refractivity contribution in [2.24, 2.45) is 5.92 Å². The lowest BCUT2D eigenvalue weighted by molar-refractivity contribution is -0.137. The lowest BCUT2D eigenvalue weighted by atomic mass is 9.97. The van der Waals surface area contributed by atoms with Crippen molar-refractivity contribution in [3.05, 3.63) is 0 Å². The lowest BCUT2D eigenvalue weighted by Gasteiger charge is -2.07. The van der Waals surface area contributed by atoms with Gasteiger partial charge >= 0.3 is 5.97 Å². The first kappa shape index (κ1) is 12.1. The minimum Gasteiger partial charge on any atom is -0.481 e. The molecule has 0 bridgehead atoms. The quantitative estimate of drug-likeness (QED) is 0.663. The molecule has 3 nitrogen and oxygen atoms in total. The van der Waals surface area contributed by atoms with Crippen LogP contribution in [-0.2, 0) is 9.59 Å². The third-order valence-electron chi connectivity index (χ3n) is 1.96. The summed E-state index contributed by atoms with van der Waals surface area (Å²) in [7, 11) is 0. The molecule has 0 aromatic carbocycles. The Morgan fingerprint density at radius 1 is 1.31 bits per heavy atom. The smallest absolute Gasteiger partial charge is 0.303 e. The van der Waals surface area contributed by atoms with Gasteiger partial charge in [0.1, 0.15) is 5.78 Å². The van der Waals surface area contributed by atoms with Crippen molar-refractivity contribution in [3.63, 3.8) is 0 Å². The van der Waals surface area contributed by atoms with E-state index >= 15 is 0 Å². The van der Waals surface area contributed by atoms with E-state index in [0.29, 0.717) is 19.3 Å². The number of Topliss-reactive ketones (excluding diaryl/α,β-unsaturated/α-hetero) is 1. The van der Waals surface area contributed by atoms with Gasteiger partial charge in [0.2, 0.25) is 0 Å². The van der Waals surface area contributed by atoms with Gasteiger partial charge in [-0.2, -0.15) is 0 Å². The molecule has 0 aliphatic rings. The number of hydrogen-bond donors (Lipinski definition) is 1. The third kappa shape index (κ3) is 7.50. The van der Waals surface area contributed by atoms with Crippen molar-refractivity contribution in [1.29, 1.82) is 0 Å².